The molecule has 0 heterocycles. The number of nitrogens with one attached hydrogen (secondary N) is 1. The van der Waals surface area contributed by atoms with Gasteiger partial charge in [0.15, 0.2) is 0 Å². The molecule has 0 unspecified atom stereocenters. The van der Waals surface area contributed by atoms with E-state index in [0.29, 0.717) is 10.8 Å². The minimum atomic E-state index is -4.01. The minimum Gasteiger partial charge on any atom is -0.497 e. The molecule has 2 aromatic carbocycles. The van der Waals surface area contributed by atoms with Crippen molar-refractivity contribution in [1.29, 1.82) is 0 Å². The van der Waals surface area contributed by atoms with E-state index in [1.54, 1.807) is 0 Å². The van der Waals surface area contributed by atoms with Crippen molar-refractivity contribution < 1.29 is 22.7 Å². The van der Waals surface area contributed by atoms with Gasteiger partial charge in [-0.1, -0.05) is 11.6 Å². The Kier molecular flexibility index (Phi) is 5.12. The predicted octanol–water partition coefficient (Wildman–Crippen LogP) is 2.48. The second-order valence-electron chi connectivity index (χ2n) is 4.45. The number of carbonyl (C=O) groups is 1. The largest absolute Gasteiger partial charge is 0.497 e. The molecule has 0 aliphatic carbocycles. The Morgan fingerprint density at radius 3 is 2.26 bits per heavy atom. The first-order valence-corrected chi connectivity index (χ1v) is 8.28. The van der Waals surface area contributed by atoms with Crippen molar-refractivity contribution in [2.24, 2.45) is 0 Å². The average molecular weight is 356 g/mol. The highest BCUT2D eigenvalue weighted by Crippen LogP contribution is 2.25. The second-order valence-corrected chi connectivity index (χ2v) is 6.57. The fraction of sp³-hybridized carbons (Fsp3) is 0.133. The third kappa shape index (κ3) is 3.94. The number of hydrogen-bond acceptors (Lipinski definition) is 5. The molecule has 0 spiro atoms. The molecular weight excluding hydrogens is 342 g/mol. The van der Waals surface area contributed by atoms with Crippen LogP contribution >= 0.6 is 11.6 Å². The minimum absolute atomic E-state index is 0.0669. The van der Waals surface area contributed by atoms with E-state index in [2.05, 4.69) is 0 Å². The molecular formula is C15H14ClNO5S. The Morgan fingerprint density at radius 1 is 1.04 bits per heavy atom. The predicted molar refractivity (Wildman–Crippen MR) is 85.7 cm³/mol. The highest BCUT2D eigenvalue weighted by Gasteiger charge is 2.21. The van der Waals surface area contributed by atoms with E-state index in [1.807, 2.05) is 4.72 Å². The zero-order valence-electron chi connectivity index (χ0n) is 12.4. The number of amides is 1. The van der Waals surface area contributed by atoms with Crippen molar-refractivity contribution in [3.63, 3.8) is 0 Å². The smallest absolute Gasteiger partial charge is 0.268 e. The van der Waals surface area contributed by atoms with E-state index in [1.165, 1.54) is 56.7 Å². The van der Waals surface area contributed by atoms with Gasteiger partial charge in [0.1, 0.15) is 11.5 Å². The van der Waals surface area contributed by atoms with Gasteiger partial charge in [-0.25, -0.2) is 13.1 Å². The van der Waals surface area contributed by atoms with Gasteiger partial charge in [0.25, 0.3) is 15.9 Å². The van der Waals surface area contributed by atoms with Gasteiger partial charge < -0.3 is 9.47 Å². The number of rotatable bonds is 5. The number of carbonyl (C=O) groups excluding carboxylic acids is 1. The normalized spacial score (nSPS) is 10.9. The van der Waals surface area contributed by atoms with Crippen LogP contribution in [0, 0.1) is 0 Å². The van der Waals surface area contributed by atoms with E-state index >= 15 is 0 Å². The van der Waals surface area contributed by atoms with E-state index in [-0.39, 0.29) is 16.2 Å². The van der Waals surface area contributed by atoms with Crippen molar-refractivity contribution >= 4 is 27.5 Å². The summed E-state index contributed by atoms with van der Waals surface area (Å²) in [7, 11) is -1.16. The van der Waals surface area contributed by atoms with Gasteiger partial charge in [0.2, 0.25) is 0 Å². The Hall–Kier alpha value is -2.25. The maximum Gasteiger partial charge on any atom is 0.268 e. The van der Waals surface area contributed by atoms with Crippen LogP contribution in [-0.4, -0.2) is 28.5 Å². The summed E-state index contributed by atoms with van der Waals surface area (Å²) in [5.41, 5.74) is 0.0749. The molecule has 0 radical (unpaired) electrons. The molecule has 122 valence electrons. The maximum absolute atomic E-state index is 12.2. The molecule has 2 rings (SSSR count). The van der Waals surface area contributed by atoms with Crippen LogP contribution in [0.15, 0.2) is 47.4 Å². The summed E-state index contributed by atoms with van der Waals surface area (Å²) in [6, 6.07) is 9.91. The first-order valence-electron chi connectivity index (χ1n) is 6.42. The van der Waals surface area contributed by atoms with Crippen LogP contribution in [-0.2, 0) is 10.0 Å². The fourth-order valence-corrected chi connectivity index (χ4v) is 2.93. The molecule has 1 amide bonds. The molecule has 2 aromatic rings. The lowest BCUT2D eigenvalue weighted by Gasteiger charge is -2.11. The Labute approximate surface area is 139 Å². The molecule has 0 fully saturated rings. The fourth-order valence-electron chi connectivity index (χ4n) is 1.84. The third-order valence-electron chi connectivity index (χ3n) is 3.00. The van der Waals surface area contributed by atoms with E-state index < -0.39 is 15.9 Å². The van der Waals surface area contributed by atoms with Gasteiger partial charge in [-0.05, 0) is 36.4 Å². The molecule has 0 atom stereocenters. The third-order valence-corrected chi connectivity index (χ3v) is 4.60. The highest BCUT2D eigenvalue weighted by molar-refractivity contribution is 7.90. The van der Waals surface area contributed by atoms with Crippen molar-refractivity contribution in [3.8, 4) is 11.5 Å². The maximum atomic E-state index is 12.2. The number of sulfonamides is 1. The standard InChI is InChI=1S/C15H14ClNO5S/c1-21-11-5-8-13(14(9-11)22-2)15(18)17-23(19,20)12-6-3-10(16)4-7-12/h3-9H,1-2H3,(H,17,18). The van der Waals surface area contributed by atoms with Crippen molar-refractivity contribution in [3.05, 3.63) is 53.1 Å². The van der Waals surface area contributed by atoms with E-state index in [9.17, 15) is 13.2 Å². The molecule has 0 aromatic heterocycles. The van der Waals surface area contributed by atoms with Crippen LogP contribution in [0.3, 0.4) is 0 Å². The first kappa shape index (κ1) is 17.1. The first-order chi connectivity index (χ1) is 10.9. The summed E-state index contributed by atoms with van der Waals surface area (Å²) < 4.78 is 36.5. The molecule has 0 saturated carbocycles. The lowest BCUT2D eigenvalue weighted by molar-refractivity contribution is 0.0978. The zero-order valence-corrected chi connectivity index (χ0v) is 13.9. The van der Waals surface area contributed by atoms with Gasteiger partial charge in [-0.15, -0.1) is 0 Å². The molecule has 0 saturated heterocycles. The number of benzene rings is 2. The van der Waals surface area contributed by atoms with Crippen LogP contribution in [0.25, 0.3) is 0 Å². The van der Waals surface area contributed by atoms with Crippen LogP contribution in [0.4, 0.5) is 0 Å². The van der Waals surface area contributed by atoms with E-state index in [4.69, 9.17) is 21.1 Å². The summed E-state index contributed by atoms with van der Waals surface area (Å²) in [6.07, 6.45) is 0. The Bertz CT molecular complexity index is 818. The SMILES string of the molecule is COc1ccc(C(=O)NS(=O)(=O)c2ccc(Cl)cc2)c(OC)c1. The number of halogens is 1. The monoisotopic (exact) mass is 355 g/mol. The summed E-state index contributed by atoms with van der Waals surface area (Å²) >= 11 is 5.72. The number of ether oxygens (including phenoxy) is 2. The topological polar surface area (TPSA) is 81.7 Å². The lowest BCUT2D eigenvalue weighted by Crippen LogP contribution is -2.30. The number of methoxy groups -OCH3 is 2. The summed E-state index contributed by atoms with van der Waals surface area (Å²) in [6.45, 7) is 0. The lowest BCUT2D eigenvalue weighted by atomic mass is 10.2. The van der Waals surface area contributed by atoms with Gasteiger partial charge >= 0.3 is 0 Å². The summed E-state index contributed by atoms with van der Waals surface area (Å²) in [5, 5.41) is 0.395. The van der Waals surface area contributed by atoms with Gasteiger partial charge in [-0.2, -0.15) is 0 Å². The van der Waals surface area contributed by atoms with Gasteiger partial charge in [0, 0.05) is 11.1 Å². The van der Waals surface area contributed by atoms with Crippen LogP contribution in [0.5, 0.6) is 11.5 Å². The number of hydrogen-bond donors (Lipinski definition) is 1. The van der Waals surface area contributed by atoms with Crippen molar-refractivity contribution in [2.45, 2.75) is 4.90 Å². The molecule has 23 heavy (non-hydrogen) atoms. The zero-order chi connectivity index (χ0) is 17.0. The molecule has 0 aliphatic heterocycles. The highest BCUT2D eigenvalue weighted by atomic mass is 35.5. The van der Waals surface area contributed by atoms with Crippen molar-refractivity contribution in [1.82, 2.24) is 4.72 Å². The van der Waals surface area contributed by atoms with Gasteiger partial charge in [-0.3, -0.25) is 4.79 Å². The average Bonchev–Trinajstić information content (AvgIpc) is 2.54. The molecule has 8 heteroatoms. The molecule has 0 aliphatic rings. The van der Waals surface area contributed by atoms with E-state index in [0.717, 1.165) is 0 Å². The van der Waals surface area contributed by atoms with Crippen LogP contribution < -0.4 is 14.2 Å². The van der Waals surface area contributed by atoms with Gasteiger partial charge in [0.05, 0.1) is 24.7 Å². The van der Waals surface area contributed by atoms with Crippen LogP contribution in [0.2, 0.25) is 5.02 Å². The summed E-state index contributed by atoms with van der Waals surface area (Å²) in [4.78, 5) is 12.2. The quantitative estimate of drug-likeness (QED) is 0.891. The molecule has 1 N–H and O–H groups in total. The molecule has 0 bridgehead atoms. The Balaban J connectivity index is 2.29. The molecule has 6 nitrogen and oxygen atoms in total. The Morgan fingerprint density at radius 2 is 1.70 bits per heavy atom. The van der Waals surface area contributed by atoms with Crippen LogP contribution in [0.1, 0.15) is 10.4 Å². The summed E-state index contributed by atoms with van der Waals surface area (Å²) in [5.74, 6) is -0.119. The second kappa shape index (κ2) is 6.89. The van der Waals surface area contributed by atoms with Crippen molar-refractivity contribution in [2.75, 3.05) is 14.2 Å².